The number of hydrogen-bond acceptors (Lipinski definition) is 4. The van der Waals surface area contributed by atoms with Crippen molar-refractivity contribution in [3.8, 4) is 11.3 Å². The van der Waals surface area contributed by atoms with Crippen LogP contribution in [0.1, 0.15) is 47.4 Å². The van der Waals surface area contributed by atoms with E-state index >= 15 is 0 Å². The monoisotopic (exact) mass is 477 g/mol. The average Bonchev–Trinajstić information content (AvgIpc) is 3.05. The Bertz CT molecular complexity index is 1250. The number of benzene rings is 2. The molecule has 0 radical (unpaired) electrons. The van der Waals surface area contributed by atoms with Gasteiger partial charge >= 0.3 is 0 Å². The first-order valence-electron chi connectivity index (χ1n) is 11.3. The number of carbonyl (C=O) groups is 3. The highest BCUT2D eigenvalue weighted by Crippen LogP contribution is 2.38. The number of aryl methyl sites for hydroxylation is 3. The van der Waals surface area contributed by atoms with Gasteiger partial charge in [0, 0.05) is 36.9 Å². The zero-order chi connectivity index (χ0) is 24.4. The first-order chi connectivity index (χ1) is 16.2. The highest BCUT2D eigenvalue weighted by Gasteiger charge is 2.43. The number of hydrogen-bond donors (Lipinski definition) is 0. The molecule has 2 unspecified atom stereocenters. The fourth-order valence-electron chi connectivity index (χ4n) is 4.81. The molecule has 174 valence electrons. The molecule has 2 atom stereocenters. The summed E-state index contributed by atoms with van der Waals surface area (Å²) >= 11 is 5.94. The molecule has 6 heteroatoms. The molecule has 0 bridgehead atoms. The van der Waals surface area contributed by atoms with Crippen molar-refractivity contribution in [2.45, 2.75) is 45.4 Å². The fraction of sp³-hybridized carbons (Fsp3) is 0.286. The summed E-state index contributed by atoms with van der Waals surface area (Å²) in [6, 6.07) is 13.6. The van der Waals surface area contributed by atoms with Crippen molar-refractivity contribution in [2.75, 3.05) is 0 Å². The van der Waals surface area contributed by atoms with E-state index in [-0.39, 0.29) is 42.4 Å². The number of aromatic nitrogens is 1. The maximum absolute atomic E-state index is 13.3. The smallest absolute Gasteiger partial charge is 0.151 e. The van der Waals surface area contributed by atoms with E-state index in [0.29, 0.717) is 11.4 Å². The Morgan fingerprint density at radius 3 is 2.47 bits per heavy atom. The number of nitrogens with zero attached hydrogens (tertiary/aromatic N) is 1. The number of rotatable bonds is 7. The first-order valence-corrected chi connectivity index (χ1v) is 11.7. The van der Waals surface area contributed by atoms with Gasteiger partial charge in [-0.05, 0) is 78.9 Å². The van der Waals surface area contributed by atoms with Crippen LogP contribution in [0.3, 0.4) is 0 Å². The molecule has 1 aliphatic rings. The van der Waals surface area contributed by atoms with Gasteiger partial charge in [0.2, 0.25) is 0 Å². The van der Waals surface area contributed by atoms with Crippen molar-refractivity contribution in [1.82, 2.24) is 4.98 Å². The van der Waals surface area contributed by atoms with E-state index in [2.05, 4.69) is 4.98 Å². The average molecular weight is 478 g/mol. The van der Waals surface area contributed by atoms with Gasteiger partial charge in [-0.3, -0.25) is 19.4 Å². The molecule has 0 saturated heterocycles. The minimum absolute atomic E-state index is 0.0429. The number of Topliss-reactive ketones (excluding diaryl/α,β-unsaturated/α-hetero) is 3. The third kappa shape index (κ3) is 5.15. The molecule has 0 amide bonds. The summed E-state index contributed by atoms with van der Waals surface area (Å²) < 4.78 is 13.3. The van der Waals surface area contributed by atoms with Crippen LogP contribution >= 0.6 is 11.6 Å². The summed E-state index contributed by atoms with van der Waals surface area (Å²) in [5, 5.41) is 0.549. The zero-order valence-electron chi connectivity index (χ0n) is 19.1. The summed E-state index contributed by atoms with van der Waals surface area (Å²) in [4.78, 5) is 43.0. The first kappa shape index (κ1) is 24.0. The van der Waals surface area contributed by atoms with Gasteiger partial charge in [0.05, 0.1) is 10.7 Å². The van der Waals surface area contributed by atoms with Crippen molar-refractivity contribution in [2.24, 2.45) is 5.92 Å². The Morgan fingerprint density at radius 2 is 1.82 bits per heavy atom. The number of ketones is 3. The van der Waals surface area contributed by atoms with Gasteiger partial charge in [-0.25, -0.2) is 4.39 Å². The van der Waals surface area contributed by atoms with Crippen LogP contribution in [0.25, 0.3) is 11.3 Å². The van der Waals surface area contributed by atoms with Crippen LogP contribution in [0.4, 0.5) is 4.39 Å². The Labute approximate surface area is 203 Å². The molecule has 1 heterocycles. The summed E-state index contributed by atoms with van der Waals surface area (Å²) in [5.41, 5.74) is 4.79. The van der Waals surface area contributed by atoms with Crippen molar-refractivity contribution in [3.05, 3.63) is 87.8 Å². The van der Waals surface area contributed by atoms with E-state index in [1.165, 1.54) is 12.1 Å². The summed E-state index contributed by atoms with van der Waals surface area (Å²) in [6.45, 7) is 3.78. The lowest BCUT2D eigenvalue weighted by molar-refractivity contribution is -0.127. The Hall–Kier alpha value is -3.18. The second kappa shape index (κ2) is 9.98. The predicted molar refractivity (Wildman–Crippen MR) is 129 cm³/mol. The van der Waals surface area contributed by atoms with Gasteiger partial charge in [0.25, 0.3) is 0 Å². The van der Waals surface area contributed by atoms with Gasteiger partial charge < -0.3 is 0 Å². The van der Waals surface area contributed by atoms with Crippen LogP contribution in [0.5, 0.6) is 0 Å². The van der Waals surface area contributed by atoms with Crippen molar-refractivity contribution < 1.29 is 18.8 Å². The minimum atomic E-state index is -0.840. The zero-order valence-corrected chi connectivity index (χ0v) is 19.9. The van der Waals surface area contributed by atoms with Crippen LogP contribution in [0.15, 0.2) is 54.7 Å². The second-order valence-electron chi connectivity index (χ2n) is 8.96. The van der Waals surface area contributed by atoms with Gasteiger partial charge in [-0.2, -0.15) is 0 Å². The molecule has 1 aliphatic carbocycles. The number of carbonyl (C=O) groups excluding carboxylic acids is 3. The Kier molecular flexibility index (Phi) is 7.03. The van der Waals surface area contributed by atoms with Gasteiger partial charge in [-0.15, -0.1) is 0 Å². The number of pyridine rings is 1. The minimum Gasteiger partial charge on any atom is -0.300 e. The largest absolute Gasteiger partial charge is 0.300 e. The van der Waals surface area contributed by atoms with Crippen molar-refractivity contribution in [3.63, 3.8) is 0 Å². The summed E-state index contributed by atoms with van der Waals surface area (Å²) in [7, 11) is 0. The normalized spacial score (nSPS) is 17.9. The SMILES string of the molecule is Cc1cc(-c2ccc(Cl)cn2)cc(C)c1C1C(=O)CC(CC(=O)CCc2cccc(F)c2)C1=O. The van der Waals surface area contributed by atoms with Crippen molar-refractivity contribution in [1.29, 1.82) is 0 Å². The lowest BCUT2D eigenvalue weighted by Gasteiger charge is -2.17. The highest BCUT2D eigenvalue weighted by molar-refractivity contribution is 6.30. The van der Waals surface area contributed by atoms with Crippen LogP contribution < -0.4 is 0 Å². The van der Waals surface area contributed by atoms with Crippen LogP contribution in [-0.4, -0.2) is 22.3 Å². The molecular weight excluding hydrogens is 453 g/mol. The molecular formula is C28H25ClFNO3. The van der Waals surface area contributed by atoms with Gasteiger partial charge in [0.1, 0.15) is 23.3 Å². The fourth-order valence-corrected chi connectivity index (χ4v) is 4.92. The quantitative estimate of drug-likeness (QED) is 0.392. The standard InChI is InChI=1S/C28H25ClFNO3/c1-16-10-19(24-9-7-21(29)15-31-24)11-17(2)26(16)27-25(33)14-20(28(27)34)13-23(32)8-6-18-4-3-5-22(30)12-18/h3-5,7,9-12,15,20,27H,6,8,13-14H2,1-2H3. The van der Waals surface area contributed by atoms with Crippen LogP contribution in [0.2, 0.25) is 5.02 Å². The maximum Gasteiger partial charge on any atom is 0.151 e. The lowest BCUT2D eigenvalue weighted by Crippen LogP contribution is -2.19. The number of halogens is 2. The van der Waals surface area contributed by atoms with Crippen LogP contribution in [0, 0.1) is 25.6 Å². The van der Waals surface area contributed by atoms with Crippen LogP contribution in [-0.2, 0) is 20.8 Å². The molecule has 34 heavy (non-hydrogen) atoms. The van der Waals surface area contributed by atoms with E-state index in [0.717, 1.165) is 33.5 Å². The molecule has 1 saturated carbocycles. The molecule has 1 fully saturated rings. The Balaban J connectivity index is 1.48. The predicted octanol–water partition coefficient (Wildman–Crippen LogP) is 5.99. The maximum atomic E-state index is 13.3. The topological polar surface area (TPSA) is 64.1 Å². The third-order valence-electron chi connectivity index (χ3n) is 6.42. The van der Waals surface area contributed by atoms with E-state index in [9.17, 15) is 18.8 Å². The van der Waals surface area contributed by atoms with Gasteiger partial charge in [0.15, 0.2) is 5.78 Å². The molecule has 4 rings (SSSR count). The molecule has 0 N–H and O–H groups in total. The second-order valence-corrected chi connectivity index (χ2v) is 9.40. The lowest BCUT2D eigenvalue weighted by atomic mass is 9.85. The Morgan fingerprint density at radius 1 is 1.09 bits per heavy atom. The summed E-state index contributed by atoms with van der Waals surface area (Å²) in [6.07, 6.45) is 2.32. The van der Waals surface area contributed by atoms with E-state index in [4.69, 9.17) is 11.6 Å². The molecule has 0 aliphatic heterocycles. The molecule has 0 spiro atoms. The molecule has 2 aromatic carbocycles. The van der Waals surface area contributed by atoms with E-state index in [1.807, 2.05) is 32.0 Å². The van der Waals surface area contributed by atoms with Gasteiger partial charge in [-0.1, -0.05) is 23.7 Å². The van der Waals surface area contributed by atoms with E-state index in [1.54, 1.807) is 24.4 Å². The summed E-state index contributed by atoms with van der Waals surface area (Å²) in [5.74, 6) is -2.20. The highest BCUT2D eigenvalue weighted by atomic mass is 35.5. The van der Waals surface area contributed by atoms with Crippen molar-refractivity contribution >= 4 is 29.0 Å². The third-order valence-corrected chi connectivity index (χ3v) is 6.64. The molecule has 3 aromatic rings. The van der Waals surface area contributed by atoms with E-state index < -0.39 is 11.8 Å². The molecule has 4 nitrogen and oxygen atoms in total. The molecule has 1 aromatic heterocycles.